The Kier molecular flexibility index (Phi) is 4.62. The number of nitrogens with two attached hydrogens (primary N) is 1. The molecule has 6 heteroatoms. The van der Waals surface area contributed by atoms with Crippen LogP contribution < -0.4 is 5.73 Å². The SMILES string of the molecule is CC1SCCSC1c1noc(CC2(N)CCCCC2)n1. The molecule has 3 rings (SSSR count). The van der Waals surface area contributed by atoms with Gasteiger partial charge < -0.3 is 10.3 Å². The van der Waals surface area contributed by atoms with Gasteiger partial charge in [-0.05, 0) is 12.8 Å². The summed E-state index contributed by atoms with van der Waals surface area (Å²) < 4.78 is 5.47. The van der Waals surface area contributed by atoms with Crippen LogP contribution in [0.15, 0.2) is 4.52 Å². The average molecular weight is 313 g/mol. The Morgan fingerprint density at radius 2 is 2.00 bits per heavy atom. The first-order valence-electron chi connectivity index (χ1n) is 7.51. The monoisotopic (exact) mass is 313 g/mol. The smallest absolute Gasteiger partial charge is 0.228 e. The molecule has 2 N–H and O–H groups in total. The van der Waals surface area contributed by atoms with Crippen LogP contribution in [0.1, 0.15) is 56.0 Å². The van der Waals surface area contributed by atoms with Crippen LogP contribution in [0.3, 0.4) is 0 Å². The highest BCUT2D eigenvalue weighted by Crippen LogP contribution is 2.41. The number of nitrogens with zero attached hydrogens (tertiary/aromatic N) is 2. The van der Waals surface area contributed by atoms with Crippen LogP contribution in [0, 0.1) is 0 Å². The molecule has 20 heavy (non-hydrogen) atoms. The van der Waals surface area contributed by atoms with Crippen LogP contribution in [0.5, 0.6) is 0 Å². The lowest BCUT2D eigenvalue weighted by Crippen LogP contribution is -2.43. The largest absolute Gasteiger partial charge is 0.339 e. The molecule has 4 nitrogen and oxygen atoms in total. The summed E-state index contributed by atoms with van der Waals surface area (Å²) in [6, 6.07) is 0. The second-order valence-corrected chi connectivity index (χ2v) is 8.75. The van der Waals surface area contributed by atoms with Gasteiger partial charge in [-0.3, -0.25) is 0 Å². The standard InChI is InChI=1S/C14H23N3OS2/c1-10-12(20-8-7-19-10)13-16-11(18-17-13)9-14(15)5-3-2-4-6-14/h10,12H,2-9,15H2,1H3. The highest BCUT2D eigenvalue weighted by atomic mass is 32.2. The van der Waals surface area contributed by atoms with E-state index in [2.05, 4.69) is 17.1 Å². The maximum absolute atomic E-state index is 6.47. The number of thioether (sulfide) groups is 2. The quantitative estimate of drug-likeness (QED) is 0.924. The summed E-state index contributed by atoms with van der Waals surface area (Å²) in [6.07, 6.45) is 6.65. The third kappa shape index (κ3) is 3.34. The zero-order valence-corrected chi connectivity index (χ0v) is 13.6. The Morgan fingerprint density at radius 3 is 2.75 bits per heavy atom. The predicted molar refractivity (Wildman–Crippen MR) is 85.1 cm³/mol. The van der Waals surface area contributed by atoms with Gasteiger partial charge in [-0.15, -0.1) is 11.8 Å². The summed E-state index contributed by atoms with van der Waals surface area (Å²) in [6.45, 7) is 2.25. The van der Waals surface area contributed by atoms with Gasteiger partial charge in [0.15, 0.2) is 5.82 Å². The first-order chi connectivity index (χ1) is 9.66. The molecule has 2 fully saturated rings. The lowest BCUT2D eigenvalue weighted by Gasteiger charge is -2.31. The van der Waals surface area contributed by atoms with E-state index in [1.807, 2.05) is 23.5 Å². The van der Waals surface area contributed by atoms with Gasteiger partial charge in [0.2, 0.25) is 5.89 Å². The van der Waals surface area contributed by atoms with Crippen molar-refractivity contribution in [2.45, 2.75) is 61.5 Å². The Morgan fingerprint density at radius 1 is 1.25 bits per heavy atom. The maximum atomic E-state index is 6.47. The second kappa shape index (κ2) is 6.28. The summed E-state index contributed by atoms with van der Waals surface area (Å²) in [7, 11) is 0. The first kappa shape index (κ1) is 14.7. The summed E-state index contributed by atoms with van der Waals surface area (Å²) in [5.41, 5.74) is 6.35. The number of rotatable bonds is 3. The van der Waals surface area contributed by atoms with Crippen molar-refractivity contribution in [1.82, 2.24) is 10.1 Å². The lowest BCUT2D eigenvalue weighted by atomic mass is 9.80. The molecule has 112 valence electrons. The van der Waals surface area contributed by atoms with Crippen LogP contribution in [0.2, 0.25) is 0 Å². The van der Waals surface area contributed by atoms with Gasteiger partial charge in [-0.2, -0.15) is 16.7 Å². The average Bonchev–Trinajstić information content (AvgIpc) is 2.87. The van der Waals surface area contributed by atoms with Crippen molar-refractivity contribution in [1.29, 1.82) is 0 Å². The molecule has 1 aliphatic carbocycles. The molecule has 1 aromatic rings. The van der Waals surface area contributed by atoms with E-state index in [1.54, 1.807) is 0 Å². The zero-order valence-electron chi connectivity index (χ0n) is 12.0. The summed E-state index contributed by atoms with van der Waals surface area (Å²) >= 11 is 3.94. The highest BCUT2D eigenvalue weighted by molar-refractivity contribution is 8.06. The van der Waals surface area contributed by atoms with Crippen LogP contribution in [0.25, 0.3) is 0 Å². The molecule has 0 aromatic carbocycles. The van der Waals surface area contributed by atoms with E-state index in [4.69, 9.17) is 10.3 Å². The topological polar surface area (TPSA) is 64.9 Å². The fourth-order valence-electron chi connectivity index (χ4n) is 3.11. The van der Waals surface area contributed by atoms with Crippen molar-refractivity contribution in [2.24, 2.45) is 5.73 Å². The summed E-state index contributed by atoms with van der Waals surface area (Å²) in [5.74, 6) is 3.99. The van der Waals surface area contributed by atoms with Gasteiger partial charge in [0, 0.05) is 28.7 Å². The van der Waals surface area contributed by atoms with E-state index in [1.165, 1.54) is 30.8 Å². The number of hydrogen-bond donors (Lipinski definition) is 1. The molecule has 1 aliphatic heterocycles. The minimum atomic E-state index is -0.123. The van der Waals surface area contributed by atoms with E-state index in [0.717, 1.165) is 31.0 Å². The van der Waals surface area contributed by atoms with Crippen LogP contribution in [0.4, 0.5) is 0 Å². The fourth-order valence-corrected chi connectivity index (χ4v) is 5.78. The van der Waals surface area contributed by atoms with Crippen LogP contribution in [-0.4, -0.2) is 32.4 Å². The Labute approximate surface area is 129 Å². The Bertz CT molecular complexity index is 445. The van der Waals surface area contributed by atoms with Gasteiger partial charge in [-0.25, -0.2) is 0 Å². The predicted octanol–water partition coefficient (Wildman–Crippen LogP) is 3.18. The second-order valence-electron chi connectivity index (χ2n) is 6.01. The molecule has 1 aromatic heterocycles. The molecule has 1 saturated carbocycles. The third-order valence-electron chi connectivity index (χ3n) is 4.28. The van der Waals surface area contributed by atoms with Crippen LogP contribution in [-0.2, 0) is 6.42 Å². The van der Waals surface area contributed by atoms with Gasteiger partial charge in [0.05, 0.1) is 5.25 Å². The first-order valence-corrected chi connectivity index (χ1v) is 9.61. The van der Waals surface area contributed by atoms with E-state index in [9.17, 15) is 0 Å². The van der Waals surface area contributed by atoms with Crippen molar-refractivity contribution >= 4 is 23.5 Å². The molecule has 2 unspecified atom stereocenters. The maximum Gasteiger partial charge on any atom is 0.228 e. The summed E-state index contributed by atoms with van der Waals surface area (Å²) in [5, 5.41) is 5.13. The summed E-state index contributed by atoms with van der Waals surface area (Å²) in [4.78, 5) is 4.63. The minimum Gasteiger partial charge on any atom is -0.339 e. The van der Waals surface area contributed by atoms with Crippen molar-refractivity contribution < 1.29 is 4.52 Å². The van der Waals surface area contributed by atoms with Gasteiger partial charge in [-0.1, -0.05) is 31.3 Å². The van der Waals surface area contributed by atoms with Crippen molar-refractivity contribution in [2.75, 3.05) is 11.5 Å². The number of aromatic nitrogens is 2. The molecule has 0 radical (unpaired) electrons. The molecule has 0 spiro atoms. The van der Waals surface area contributed by atoms with Crippen LogP contribution >= 0.6 is 23.5 Å². The molecule has 0 bridgehead atoms. The third-order valence-corrected chi connectivity index (χ3v) is 7.37. The fraction of sp³-hybridized carbons (Fsp3) is 0.857. The van der Waals surface area contributed by atoms with E-state index in [0.29, 0.717) is 10.5 Å². The molecule has 2 atom stereocenters. The van der Waals surface area contributed by atoms with Gasteiger partial charge in [0.1, 0.15) is 0 Å². The Balaban J connectivity index is 1.67. The van der Waals surface area contributed by atoms with E-state index < -0.39 is 0 Å². The van der Waals surface area contributed by atoms with Gasteiger partial charge in [0.25, 0.3) is 0 Å². The van der Waals surface area contributed by atoms with Crippen molar-refractivity contribution in [3.63, 3.8) is 0 Å². The van der Waals surface area contributed by atoms with E-state index in [-0.39, 0.29) is 5.54 Å². The molecule has 2 heterocycles. The zero-order chi connectivity index (χ0) is 14.0. The molecular weight excluding hydrogens is 290 g/mol. The molecular formula is C14H23N3OS2. The van der Waals surface area contributed by atoms with Crippen molar-refractivity contribution in [3.8, 4) is 0 Å². The van der Waals surface area contributed by atoms with Gasteiger partial charge >= 0.3 is 0 Å². The number of hydrogen-bond acceptors (Lipinski definition) is 6. The normalized spacial score (nSPS) is 30.3. The lowest BCUT2D eigenvalue weighted by molar-refractivity contribution is 0.260. The van der Waals surface area contributed by atoms with Crippen molar-refractivity contribution in [3.05, 3.63) is 11.7 Å². The Hall–Kier alpha value is -0.200. The highest BCUT2D eigenvalue weighted by Gasteiger charge is 2.32. The molecule has 2 aliphatic rings. The molecule has 1 saturated heterocycles. The minimum absolute atomic E-state index is 0.123. The molecule has 0 amide bonds. The van der Waals surface area contributed by atoms with E-state index >= 15 is 0 Å².